The average molecular weight is 524 g/mol. The number of nitrogens with zero attached hydrogens (tertiary/aromatic N) is 3. The van der Waals surface area contributed by atoms with Crippen molar-refractivity contribution >= 4 is 22.4 Å². The molecular weight excluding hydrogens is 497 g/mol. The topological polar surface area (TPSA) is 34.9 Å². The van der Waals surface area contributed by atoms with Gasteiger partial charge < -0.3 is 28.5 Å². The van der Waals surface area contributed by atoms with Crippen molar-refractivity contribution in [2.24, 2.45) is 0 Å². The Bertz CT molecular complexity index is 1050. The SMILES string of the molecule is C[N+]1(C)CCCC(n2nc(Cc3ccc(Cl)cc3)c3ccccc3c2=O)CC1.[I-]. The second kappa shape index (κ2) is 9.14. The Hall–Kier alpha value is -1.44. The molecule has 0 N–H and O–H groups in total. The van der Waals surface area contributed by atoms with Gasteiger partial charge in [-0.05, 0) is 36.6 Å². The third-order valence-corrected chi connectivity index (χ3v) is 6.16. The molecule has 4 nitrogen and oxygen atoms in total. The molecule has 6 heteroatoms. The number of likely N-dealkylation sites (tertiary alicyclic amines) is 1. The second-order valence-electron chi connectivity index (χ2n) is 8.51. The molecule has 0 amide bonds. The first-order valence-electron chi connectivity index (χ1n) is 10.00. The lowest BCUT2D eigenvalue weighted by Crippen LogP contribution is -3.00. The molecule has 0 spiro atoms. The van der Waals surface area contributed by atoms with Crippen molar-refractivity contribution in [1.29, 1.82) is 0 Å². The number of benzene rings is 2. The molecule has 0 saturated carbocycles. The summed E-state index contributed by atoms with van der Waals surface area (Å²) >= 11 is 6.03. The van der Waals surface area contributed by atoms with E-state index in [4.69, 9.17) is 16.7 Å². The molecule has 3 aromatic rings. The molecule has 1 atom stereocenters. The van der Waals surface area contributed by atoms with E-state index >= 15 is 0 Å². The zero-order chi connectivity index (χ0) is 19.7. The number of aromatic nitrogens is 2. The van der Waals surface area contributed by atoms with Crippen LogP contribution in [0.25, 0.3) is 10.8 Å². The fraction of sp³-hybridized carbons (Fsp3) is 0.391. The summed E-state index contributed by atoms with van der Waals surface area (Å²) in [6, 6.07) is 15.9. The fourth-order valence-corrected chi connectivity index (χ4v) is 4.33. The molecule has 1 aromatic heterocycles. The number of hydrogen-bond acceptors (Lipinski definition) is 2. The highest BCUT2D eigenvalue weighted by molar-refractivity contribution is 6.30. The van der Waals surface area contributed by atoms with Crippen molar-refractivity contribution in [1.82, 2.24) is 9.78 Å². The van der Waals surface area contributed by atoms with Crippen LogP contribution in [0, 0.1) is 0 Å². The lowest BCUT2D eigenvalue weighted by atomic mass is 10.0. The average Bonchev–Trinajstić information content (AvgIpc) is 2.86. The van der Waals surface area contributed by atoms with Crippen LogP contribution in [0.2, 0.25) is 5.02 Å². The lowest BCUT2D eigenvalue weighted by Gasteiger charge is -2.28. The minimum Gasteiger partial charge on any atom is -1.00 e. The van der Waals surface area contributed by atoms with E-state index in [1.807, 2.05) is 48.5 Å². The van der Waals surface area contributed by atoms with E-state index in [9.17, 15) is 4.79 Å². The summed E-state index contributed by atoms with van der Waals surface area (Å²) in [6.07, 6.45) is 3.79. The third-order valence-electron chi connectivity index (χ3n) is 5.90. The van der Waals surface area contributed by atoms with E-state index in [0.717, 1.165) is 63.9 Å². The Morgan fingerprint density at radius 2 is 1.72 bits per heavy atom. The number of hydrogen-bond donors (Lipinski definition) is 0. The molecule has 29 heavy (non-hydrogen) atoms. The van der Waals surface area contributed by atoms with Crippen LogP contribution in [0.3, 0.4) is 0 Å². The Morgan fingerprint density at radius 1 is 1.03 bits per heavy atom. The minimum atomic E-state index is 0. The van der Waals surface area contributed by atoms with Crippen molar-refractivity contribution < 1.29 is 28.5 Å². The Morgan fingerprint density at radius 3 is 2.45 bits per heavy atom. The molecule has 1 aliphatic rings. The van der Waals surface area contributed by atoms with Gasteiger partial charge in [-0.3, -0.25) is 4.79 Å². The van der Waals surface area contributed by atoms with Crippen LogP contribution in [-0.2, 0) is 6.42 Å². The number of fused-ring (bicyclic) bond motifs is 1. The minimum absolute atomic E-state index is 0. The molecule has 0 radical (unpaired) electrons. The zero-order valence-electron chi connectivity index (χ0n) is 16.9. The highest BCUT2D eigenvalue weighted by atomic mass is 127. The first-order valence-corrected chi connectivity index (χ1v) is 10.4. The maximum atomic E-state index is 13.2. The van der Waals surface area contributed by atoms with Gasteiger partial charge in [0.25, 0.3) is 5.56 Å². The van der Waals surface area contributed by atoms with Crippen molar-refractivity contribution in [3.05, 3.63) is 75.2 Å². The van der Waals surface area contributed by atoms with Gasteiger partial charge >= 0.3 is 0 Å². The van der Waals surface area contributed by atoms with Gasteiger partial charge in [0.2, 0.25) is 0 Å². The number of quaternary nitrogens is 1. The largest absolute Gasteiger partial charge is 1.00 e. The fourth-order valence-electron chi connectivity index (χ4n) is 4.20. The van der Waals surface area contributed by atoms with Crippen LogP contribution in [0.5, 0.6) is 0 Å². The highest BCUT2D eigenvalue weighted by Crippen LogP contribution is 2.25. The molecule has 0 aliphatic carbocycles. The van der Waals surface area contributed by atoms with Gasteiger partial charge in [-0.25, -0.2) is 4.68 Å². The molecule has 4 rings (SSSR count). The van der Waals surface area contributed by atoms with Crippen LogP contribution in [0.4, 0.5) is 0 Å². The van der Waals surface area contributed by atoms with Gasteiger partial charge in [0.1, 0.15) is 0 Å². The molecule has 0 bridgehead atoms. The molecule has 1 fully saturated rings. The van der Waals surface area contributed by atoms with Crippen LogP contribution in [0.15, 0.2) is 53.3 Å². The maximum absolute atomic E-state index is 13.2. The van der Waals surface area contributed by atoms with Gasteiger partial charge in [0.15, 0.2) is 0 Å². The van der Waals surface area contributed by atoms with Crippen LogP contribution < -0.4 is 29.5 Å². The van der Waals surface area contributed by atoms with Gasteiger partial charge in [0, 0.05) is 23.3 Å². The van der Waals surface area contributed by atoms with E-state index in [1.54, 1.807) is 4.68 Å². The van der Waals surface area contributed by atoms with Crippen molar-refractivity contribution in [3.63, 3.8) is 0 Å². The first kappa shape index (κ1) is 22.2. The van der Waals surface area contributed by atoms with E-state index in [-0.39, 0.29) is 35.6 Å². The number of halogens is 2. The molecule has 1 unspecified atom stereocenters. The van der Waals surface area contributed by atoms with E-state index in [2.05, 4.69) is 14.1 Å². The van der Waals surface area contributed by atoms with Crippen molar-refractivity contribution in [2.75, 3.05) is 27.2 Å². The van der Waals surface area contributed by atoms with Gasteiger partial charge in [-0.2, -0.15) is 5.10 Å². The lowest BCUT2D eigenvalue weighted by molar-refractivity contribution is -0.889. The van der Waals surface area contributed by atoms with Crippen molar-refractivity contribution in [2.45, 2.75) is 31.7 Å². The maximum Gasteiger partial charge on any atom is 0.274 e. The summed E-state index contributed by atoms with van der Waals surface area (Å²) in [4.78, 5) is 13.2. The monoisotopic (exact) mass is 523 g/mol. The summed E-state index contributed by atoms with van der Waals surface area (Å²) in [5.74, 6) is 0. The normalized spacial score (nSPS) is 18.8. The molecule has 1 aliphatic heterocycles. The van der Waals surface area contributed by atoms with Crippen LogP contribution >= 0.6 is 11.6 Å². The third kappa shape index (κ3) is 5.01. The van der Waals surface area contributed by atoms with E-state index in [1.165, 1.54) is 0 Å². The second-order valence-corrected chi connectivity index (χ2v) is 8.95. The summed E-state index contributed by atoms with van der Waals surface area (Å²) in [5, 5.41) is 7.33. The van der Waals surface area contributed by atoms with Crippen molar-refractivity contribution in [3.8, 4) is 0 Å². The Kier molecular flexibility index (Phi) is 7.02. The predicted octanol–water partition coefficient (Wildman–Crippen LogP) is 1.45. The smallest absolute Gasteiger partial charge is 0.274 e. The van der Waals surface area contributed by atoms with Gasteiger partial charge in [-0.15, -0.1) is 0 Å². The molecule has 2 heterocycles. The summed E-state index contributed by atoms with van der Waals surface area (Å²) in [5.41, 5.74) is 2.13. The highest BCUT2D eigenvalue weighted by Gasteiger charge is 2.26. The molecule has 154 valence electrons. The zero-order valence-corrected chi connectivity index (χ0v) is 19.9. The quantitative estimate of drug-likeness (QED) is 0.385. The van der Waals surface area contributed by atoms with Crippen LogP contribution in [0.1, 0.15) is 36.6 Å². The summed E-state index contributed by atoms with van der Waals surface area (Å²) in [7, 11) is 4.54. The van der Waals surface area contributed by atoms with Gasteiger partial charge in [-0.1, -0.05) is 41.9 Å². The Labute approximate surface area is 194 Å². The summed E-state index contributed by atoms with van der Waals surface area (Å²) in [6.45, 7) is 2.22. The molecule has 2 aromatic carbocycles. The van der Waals surface area contributed by atoms with Crippen LogP contribution in [-0.4, -0.2) is 41.4 Å². The van der Waals surface area contributed by atoms with E-state index in [0.29, 0.717) is 6.42 Å². The van der Waals surface area contributed by atoms with Gasteiger partial charge in [0.05, 0.1) is 44.3 Å². The molecular formula is C23H27ClIN3O. The Balaban J connectivity index is 0.00000240. The number of rotatable bonds is 3. The summed E-state index contributed by atoms with van der Waals surface area (Å²) < 4.78 is 2.79. The predicted molar refractivity (Wildman–Crippen MR) is 115 cm³/mol. The molecule has 1 saturated heterocycles. The first-order chi connectivity index (χ1) is 13.4. The standard InChI is InChI=1S/C23H27ClN3O.HI/c1-27(2)14-5-6-19(13-15-27)26-23(28)21-8-4-3-7-20(21)22(25-26)16-17-9-11-18(24)12-10-17;/h3-4,7-12,19H,5-6,13-16H2,1-2H3;1H/q+1;/p-1. The van der Waals surface area contributed by atoms with E-state index < -0.39 is 0 Å².